The third-order valence-electron chi connectivity index (χ3n) is 7.26. The minimum absolute atomic E-state index is 0.0894. The molecule has 9 heteroatoms. The number of para-hydroxylation sites is 1. The average molecular weight is 491 g/mol. The Morgan fingerprint density at radius 3 is 2.53 bits per heavy atom. The van der Waals surface area contributed by atoms with E-state index in [2.05, 4.69) is 10.6 Å². The van der Waals surface area contributed by atoms with E-state index in [9.17, 15) is 19.2 Å². The van der Waals surface area contributed by atoms with E-state index in [1.807, 2.05) is 42.2 Å². The van der Waals surface area contributed by atoms with Crippen molar-refractivity contribution < 1.29 is 23.9 Å². The third kappa shape index (κ3) is 4.78. The molecule has 1 atom stereocenters. The normalized spacial score (nSPS) is 19.0. The second-order valence-corrected chi connectivity index (χ2v) is 9.66. The molecule has 36 heavy (non-hydrogen) atoms. The predicted octanol–water partition coefficient (Wildman–Crippen LogP) is 3.05. The lowest BCUT2D eigenvalue weighted by molar-refractivity contribution is -0.136. The largest absolute Gasteiger partial charge is 0.415 e. The molecular formula is C27H30N4O5. The zero-order valence-corrected chi connectivity index (χ0v) is 20.3. The molecule has 0 saturated carbocycles. The third-order valence-corrected chi connectivity index (χ3v) is 7.26. The van der Waals surface area contributed by atoms with Crippen LogP contribution >= 0.6 is 0 Å². The van der Waals surface area contributed by atoms with Gasteiger partial charge in [-0.15, -0.1) is 0 Å². The number of rotatable bonds is 4. The quantitative estimate of drug-likeness (QED) is 0.641. The van der Waals surface area contributed by atoms with E-state index in [4.69, 9.17) is 4.74 Å². The van der Waals surface area contributed by atoms with Gasteiger partial charge in [-0.2, -0.15) is 0 Å². The number of likely N-dealkylation sites (tertiary alicyclic amines) is 1. The maximum atomic E-state index is 12.6. The van der Waals surface area contributed by atoms with Crippen LogP contribution in [0, 0.1) is 5.92 Å². The van der Waals surface area contributed by atoms with Crippen LogP contribution in [-0.2, 0) is 20.8 Å². The van der Waals surface area contributed by atoms with E-state index in [1.54, 1.807) is 17.0 Å². The number of anilines is 2. The Bertz CT molecular complexity index is 1190. The molecule has 2 aromatic carbocycles. The summed E-state index contributed by atoms with van der Waals surface area (Å²) >= 11 is 0. The Balaban J connectivity index is 1.10. The summed E-state index contributed by atoms with van der Waals surface area (Å²) in [6, 6.07) is 12.6. The SMILES string of the molecule is C[C@@H]1C(=O)N2CCCc3cc(NC(=O)C(=O)NCC4CCN(C(=O)Oc5ccccc5)CC4)cc1c32. The highest BCUT2D eigenvalue weighted by atomic mass is 16.6. The lowest BCUT2D eigenvalue weighted by atomic mass is 9.96. The van der Waals surface area contributed by atoms with E-state index in [0.717, 1.165) is 36.2 Å². The minimum Gasteiger partial charge on any atom is -0.410 e. The number of hydrogen-bond donors (Lipinski definition) is 2. The number of amides is 4. The molecule has 0 aromatic heterocycles. The van der Waals surface area contributed by atoms with Gasteiger partial charge in [-0.25, -0.2) is 4.79 Å². The first-order valence-electron chi connectivity index (χ1n) is 12.5. The van der Waals surface area contributed by atoms with Crippen molar-refractivity contribution >= 4 is 35.2 Å². The second-order valence-electron chi connectivity index (χ2n) is 9.66. The highest BCUT2D eigenvalue weighted by Crippen LogP contribution is 2.44. The highest BCUT2D eigenvalue weighted by Gasteiger charge is 2.38. The fraction of sp³-hybridized carbons (Fsp3) is 0.407. The summed E-state index contributed by atoms with van der Waals surface area (Å²) in [7, 11) is 0. The van der Waals surface area contributed by atoms with E-state index in [-0.39, 0.29) is 23.8 Å². The van der Waals surface area contributed by atoms with Crippen LogP contribution in [0.4, 0.5) is 16.2 Å². The van der Waals surface area contributed by atoms with Crippen LogP contribution in [0.1, 0.15) is 43.2 Å². The molecule has 1 fully saturated rings. The van der Waals surface area contributed by atoms with Crippen molar-refractivity contribution in [2.45, 2.75) is 38.5 Å². The zero-order chi connectivity index (χ0) is 25.2. The van der Waals surface area contributed by atoms with Crippen molar-refractivity contribution in [2.24, 2.45) is 5.92 Å². The van der Waals surface area contributed by atoms with Crippen LogP contribution in [0.2, 0.25) is 0 Å². The number of nitrogens with zero attached hydrogens (tertiary/aromatic N) is 2. The number of piperidine rings is 1. The molecule has 1 saturated heterocycles. The summed E-state index contributed by atoms with van der Waals surface area (Å²) in [6.45, 7) is 4.03. The van der Waals surface area contributed by atoms with Crippen molar-refractivity contribution in [2.75, 3.05) is 36.4 Å². The molecule has 188 valence electrons. The van der Waals surface area contributed by atoms with Crippen molar-refractivity contribution in [3.05, 3.63) is 53.6 Å². The Labute approximate surface area is 209 Å². The number of aryl methyl sites for hydroxylation is 1. The molecule has 0 bridgehead atoms. The molecule has 3 heterocycles. The summed E-state index contributed by atoms with van der Waals surface area (Å²) in [5.41, 5.74) is 3.45. The average Bonchev–Trinajstić information content (AvgIpc) is 3.14. The molecule has 2 aromatic rings. The zero-order valence-electron chi connectivity index (χ0n) is 20.3. The monoisotopic (exact) mass is 490 g/mol. The summed E-state index contributed by atoms with van der Waals surface area (Å²) in [6.07, 6.45) is 2.76. The summed E-state index contributed by atoms with van der Waals surface area (Å²) < 4.78 is 5.38. The van der Waals surface area contributed by atoms with Crippen LogP contribution in [0.25, 0.3) is 0 Å². The number of carbonyl (C=O) groups is 4. The first kappa shape index (κ1) is 23.8. The van der Waals surface area contributed by atoms with Gasteiger partial charge in [0.15, 0.2) is 0 Å². The Kier molecular flexibility index (Phi) is 6.63. The van der Waals surface area contributed by atoms with Crippen LogP contribution in [0.3, 0.4) is 0 Å². The first-order chi connectivity index (χ1) is 17.4. The van der Waals surface area contributed by atoms with E-state index in [1.165, 1.54) is 0 Å². The number of ether oxygens (including phenoxy) is 1. The standard InChI is InChI=1S/C27H30N4O5/c1-17-22-15-20(14-19-6-5-11-31(23(19)22)26(17)34)29-25(33)24(32)28-16-18-9-12-30(13-10-18)27(35)36-21-7-3-2-4-8-21/h2-4,7-8,14-15,17-18H,5-6,9-13,16H2,1H3,(H,28,32)(H,29,33)/t17-/m0/s1. The van der Waals surface area contributed by atoms with Gasteiger partial charge in [0, 0.05) is 31.9 Å². The van der Waals surface area contributed by atoms with Gasteiger partial charge in [-0.1, -0.05) is 18.2 Å². The first-order valence-corrected chi connectivity index (χ1v) is 12.5. The maximum Gasteiger partial charge on any atom is 0.415 e. The molecule has 2 N–H and O–H groups in total. The van der Waals surface area contributed by atoms with Gasteiger partial charge in [0.05, 0.1) is 11.6 Å². The fourth-order valence-electron chi connectivity index (χ4n) is 5.25. The summed E-state index contributed by atoms with van der Waals surface area (Å²) in [5.74, 6) is -0.903. The van der Waals surface area contributed by atoms with Gasteiger partial charge in [0.1, 0.15) is 5.75 Å². The molecule has 3 aliphatic rings. The predicted molar refractivity (Wildman–Crippen MR) is 134 cm³/mol. The van der Waals surface area contributed by atoms with Crippen LogP contribution < -0.4 is 20.3 Å². The van der Waals surface area contributed by atoms with Crippen LogP contribution in [0.5, 0.6) is 5.75 Å². The maximum absolute atomic E-state index is 12.6. The molecule has 3 aliphatic heterocycles. The minimum atomic E-state index is -0.726. The molecule has 0 unspecified atom stereocenters. The molecule has 0 aliphatic carbocycles. The van der Waals surface area contributed by atoms with Gasteiger partial charge in [-0.3, -0.25) is 14.4 Å². The van der Waals surface area contributed by atoms with Gasteiger partial charge in [-0.05, 0) is 73.9 Å². The van der Waals surface area contributed by atoms with Gasteiger partial charge >= 0.3 is 17.9 Å². The molecule has 0 radical (unpaired) electrons. The van der Waals surface area contributed by atoms with Crippen molar-refractivity contribution in [3.63, 3.8) is 0 Å². The lowest BCUT2D eigenvalue weighted by Crippen LogP contribution is -2.44. The van der Waals surface area contributed by atoms with Gasteiger partial charge in [0.25, 0.3) is 0 Å². The lowest BCUT2D eigenvalue weighted by Gasteiger charge is -2.31. The molecular weight excluding hydrogens is 460 g/mol. The van der Waals surface area contributed by atoms with Crippen LogP contribution in [-0.4, -0.2) is 54.9 Å². The molecule has 5 rings (SSSR count). The Hall–Kier alpha value is -3.88. The van der Waals surface area contributed by atoms with Crippen molar-refractivity contribution in [3.8, 4) is 5.75 Å². The van der Waals surface area contributed by atoms with Crippen molar-refractivity contribution in [1.29, 1.82) is 0 Å². The Morgan fingerprint density at radius 2 is 1.78 bits per heavy atom. The summed E-state index contributed by atoms with van der Waals surface area (Å²) in [4.78, 5) is 53.4. The van der Waals surface area contributed by atoms with E-state index in [0.29, 0.717) is 43.9 Å². The van der Waals surface area contributed by atoms with Crippen molar-refractivity contribution in [1.82, 2.24) is 10.2 Å². The number of carbonyl (C=O) groups excluding carboxylic acids is 4. The topological polar surface area (TPSA) is 108 Å². The van der Waals surface area contributed by atoms with E-state index < -0.39 is 11.8 Å². The molecule has 4 amide bonds. The van der Waals surface area contributed by atoms with Gasteiger partial charge < -0.3 is 25.2 Å². The number of hydrogen-bond acceptors (Lipinski definition) is 5. The van der Waals surface area contributed by atoms with Gasteiger partial charge in [0.2, 0.25) is 5.91 Å². The number of benzene rings is 2. The number of nitrogens with one attached hydrogen (secondary N) is 2. The van der Waals surface area contributed by atoms with Crippen LogP contribution in [0.15, 0.2) is 42.5 Å². The molecule has 9 nitrogen and oxygen atoms in total. The van der Waals surface area contributed by atoms with E-state index >= 15 is 0 Å². The second kappa shape index (κ2) is 10.0. The fourth-order valence-corrected chi connectivity index (χ4v) is 5.25. The highest BCUT2D eigenvalue weighted by molar-refractivity contribution is 6.39. The smallest absolute Gasteiger partial charge is 0.410 e. The Morgan fingerprint density at radius 1 is 1.03 bits per heavy atom. The summed E-state index contributed by atoms with van der Waals surface area (Å²) in [5, 5.41) is 5.43. The molecule has 0 spiro atoms.